The molecule has 3 nitrogen and oxygen atoms in total. The predicted molar refractivity (Wildman–Crippen MR) is 81.3 cm³/mol. The van der Waals surface area contributed by atoms with Crippen molar-refractivity contribution in [3.63, 3.8) is 0 Å². The van der Waals surface area contributed by atoms with E-state index >= 15 is 0 Å². The maximum Gasteiger partial charge on any atom is 0.181 e. The summed E-state index contributed by atoms with van der Waals surface area (Å²) in [6.45, 7) is 0. The molecule has 1 aliphatic rings. The van der Waals surface area contributed by atoms with Gasteiger partial charge in [-0.15, -0.1) is 0 Å². The molecular formula is C14H11Cl2NO2S. The third-order valence-electron chi connectivity index (χ3n) is 3.28. The van der Waals surface area contributed by atoms with Crippen molar-refractivity contribution in [3.05, 3.63) is 58.1 Å². The van der Waals surface area contributed by atoms with Crippen molar-refractivity contribution in [3.8, 4) is 0 Å². The van der Waals surface area contributed by atoms with E-state index in [2.05, 4.69) is 5.32 Å². The van der Waals surface area contributed by atoms with Crippen molar-refractivity contribution in [2.24, 2.45) is 0 Å². The lowest BCUT2D eigenvalue weighted by atomic mass is 10.1. The van der Waals surface area contributed by atoms with Gasteiger partial charge in [0.25, 0.3) is 0 Å². The van der Waals surface area contributed by atoms with Gasteiger partial charge in [0.15, 0.2) is 9.84 Å². The molecule has 0 saturated heterocycles. The maximum absolute atomic E-state index is 12.1. The van der Waals surface area contributed by atoms with Crippen LogP contribution in [-0.4, -0.2) is 14.2 Å². The lowest BCUT2D eigenvalue weighted by molar-refractivity contribution is 0.598. The predicted octanol–water partition coefficient (Wildman–Crippen LogP) is 3.93. The van der Waals surface area contributed by atoms with Crippen LogP contribution in [0.4, 0.5) is 5.69 Å². The highest BCUT2D eigenvalue weighted by atomic mass is 35.5. The lowest BCUT2D eigenvalue weighted by Gasteiger charge is -2.15. The summed E-state index contributed by atoms with van der Waals surface area (Å²) in [5.74, 6) is 0.0330. The van der Waals surface area contributed by atoms with Crippen molar-refractivity contribution in [1.82, 2.24) is 0 Å². The second-order valence-electron chi connectivity index (χ2n) is 4.64. The normalized spacial score (nSPS) is 19.6. The molecule has 1 N–H and O–H groups in total. The molecule has 104 valence electrons. The van der Waals surface area contributed by atoms with Gasteiger partial charge in [-0.05, 0) is 29.8 Å². The first-order valence-electron chi connectivity index (χ1n) is 6.01. The first kappa shape index (κ1) is 13.7. The number of benzene rings is 2. The van der Waals surface area contributed by atoms with Crippen LogP contribution in [-0.2, 0) is 9.84 Å². The Hall–Kier alpha value is -1.23. The van der Waals surface area contributed by atoms with Crippen molar-refractivity contribution >= 4 is 38.7 Å². The summed E-state index contributed by atoms with van der Waals surface area (Å²) in [5, 5.41) is 4.19. The Bertz CT molecular complexity index is 774. The molecule has 0 aliphatic carbocycles. The Labute approximate surface area is 127 Å². The van der Waals surface area contributed by atoms with Crippen LogP contribution in [0.25, 0.3) is 0 Å². The number of nitrogens with one attached hydrogen (secondary N) is 1. The molecular weight excluding hydrogens is 317 g/mol. The fourth-order valence-corrected chi connectivity index (χ4v) is 4.56. The Morgan fingerprint density at radius 3 is 2.60 bits per heavy atom. The van der Waals surface area contributed by atoms with Gasteiger partial charge in [-0.1, -0.05) is 41.4 Å². The van der Waals surface area contributed by atoms with Gasteiger partial charge >= 0.3 is 0 Å². The second-order valence-corrected chi connectivity index (χ2v) is 7.49. The topological polar surface area (TPSA) is 46.2 Å². The molecule has 6 heteroatoms. The first-order chi connectivity index (χ1) is 9.47. The molecule has 3 rings (SSSR count). The van der Waals surface area contributed by atoms with Gasteiger partial charge in [0.05, 0.1) is 27.4 Å². The minimum Gasteiger partial charge on any atom is -0.376 e. The van der Waals surface area contributed by atoms with Crippen molar-refractivity contribution in [2.45, 2.75) is 10.9 Å². The Balaban J connectivity index is 1.97. The van der Waals surface area contributed by atoms with Crippen LogP contribution < -0.4 is 5.32 Å². The molecule has 1 unspecified atom stereocenters. The summed E-state index contributed by atoms with van der Waals surface area (Å²) in [4.78, 5) is 0.391. The number of rotatable bonds is 2. The number of hydrogen-bond donors (Lipinski definition) is 1. The number of hydrogen-bond acceptors (Lipinski definition) is 3. The van der Waals surface area contributed by atoms with Crippen LogP contribution >= 0.6 is 23.2 Å². The van der Waals surface area contributed by atoms with Crippen molar-refractivity contribution in [2.75, 3.05) is 11.1 Å². The van der Waals surface area contributed by atoms with Crippen LogP contribution in [0, 0.1) is 0 Å². The van der Waals surface area contributed by atoms with E-state index in [9.17, 15) is 8.42 Å². The second kappa shape index (κ2) is 4.95. The van der Waals surface area contributed by atoms with E-state index in [1.165, 1.54) is 0 Å². The zero-order valence-corrected chi connectivity index (χ0v) is 12.6. The average Bonchev–Trinajstić information content (AvgIpc) is 2.65. The summed E-state index contributed by atoms with van der Waals surface area (Å²) in [5.41, 5.74) is 1.45. The summed E-state index contributed by atoms with van der Waals surface area (Å²) in [7, 11) is -3.23. The van der Waals surface area contributed by atoms with E-state index in [0.717, 1.165) is 5.56 Å². The highest BCUT2D eigenvalue weighted by molar-refractivity contribution is 7.91. The van der Waals surface area contributed by atoms with Crippen LogP contribution in [0.1, 0.15) is 11.6 Å². The molecule has 0 fully saturated rings. The zero-order valence-electron chi connectivity index (χ0n) is 10.3. The minimum atomic E-state index is -3.23. The molecule has 0 saturated carbocycles. The zero-order chi connectivity index (χ0) is 14.3. The van der Waals surface area contributed by atoms with Gasteiger partial charge in [0.1, 0.15) is 0 Å². The third-order valence-corrected chi connectivity index (χ3v) is 5.64. The monoisotopic (exact) mass is 327 g/mol. The van der Waals surface area contributed by atoms with Crippen LogP contribution in [0.2, 0.25) is 10.0 Å². The highest BCUT2D eigenvalue weighted by Crippen LogP contribution is 2.37. The number of halogens is 2. The number of sulfone groups is 1. The quantitative estimate of drug-likeness (QED) is 0.908. The number of fused-ring (bicyclic) bond motifs is 1. The molecule has 1 heterocycles. The van der Waals surface area contributed by atoms with Gasteiger partial charge in [0, 0.05) is 5.02 Å². The maximum atomic E-state index is 12.1. The van der Waals surface area contributed by atoms with Crippen molar-refractivity contribution in [1.29, 1.82) is 0 Å². The molecule has 1 aliphatic heterocycles. The lowest BCUT2D eigenvalue weighted by Crippen LogP contribution is -2.13. The van der Waals surface area contributed by atoms with Crippen LogP contribution in [0.15, 0.2) is 47.4 Å². The van der Waals surface area contributed by atoms with E-state index in [4.69, 9.17) is 23.2 Å². The molecule has 2 aromatic carbocycles. The van der Waals surface area contributed by atoms with E-state index in [1.54, 1.807) is 30.3 Å². The standard InChI is InChI=1S/C14H11Cl2NO2S/c15-9-5-6-12(11(16)7-9)17-13-8-20(18,19)14-4-2-1-3-10(13)14/h1-7,13,17H,8H2. The first-order valence-corrected chi connectivity index (χ1v) is 8.41. The average molecular weight is 328 g/mol. The summed E-state index contributed by atoms with van der Waals surface area (Å²) in [6, 6.07) is 11.8. The fraction of sp³-hybridized carbons (Fsp3) is 0.143. The van der Waals surface area contributed by atoms with Crippen molar-refractivity contribution < 1.29 is 8.42 Å². The molecule has 0 spiro atoms. The van der Waals surface area contributed by atoms with E-state index in [-0.39, 0.29) is 11.8 Å². The van der Waals surface area contributed by atoms with Gasteiger partial charge in [-0.25, -0.2) is 8.42 Å². The van der Waals surface area contributed by atoms with Crippen LogP contribution in [0.3, 0.4) is 0 Å². The molecule has 0 radical (unpaired) electrons. The summed E-state index contributed by atoms with van der Waals surface area (Å²) >= 11 is 12.0. The van der Waals surface area contributed by atoms with Crippen LogP contribution in [0.5, 0.6) is 0 Å². The Morgan fingerprint density at radius 2 is 1.85 bits per heavy atom. The van der Waals surface area contributed by atoms with Gasteiger partial charge < -0.3 is 5.32 Å². The van der Waals surface area contributed by atoms with E-state index in [0.29, 0.717) is 20.6 Å². The molecule has 0 aromatic heterocycles. The molecule has 0 bridgehead atoms. The fourth-order valence-electron chi connectivity index (χ4n) is 2.36. The molecule has 1 atom stereocenters. The minimum absolute atomic E-state index is 0.0330. The highest BCUT2D eigenvalue weighted by Gasteiger charge is 2.34. The molecule has 0 amide bonds. The third kappa shape index (κ3) is 2.39. The molecule has 2 aromatic rings. The SMILES string of the molecule is O=S1(=O)CC(Nc2ccc(Cl)cc2Cl)c2ccccc21. The van der Waals surface area contributed by atoms with Gasteiger partial charge in [-0.3, -0.25) is 0 Å². The summed E-state index contributed by atoms with van der Waals surface area (Å²) < 4.78 is 24.2. The smallest absolute Gasteiger partial charge is 0.181 e. The van der Waals surface area contributed by atoms with Gasteiger partial charge in [-0.2, -0.15) is 0 Å². The number of anilines is 1. The Kier molecular flexibility index (Phi) is 3.40. The van der Waals surface area contributed by atoms with E-state index < -0.39 is 9.84 Å². The Morgan fingerprint density at radius 1 is 1.10 bits per heavy atom. The largest absolute Gasteiger partial charge is 0.376 e. The summed E-state index contributed by atoms with van der Waals surface area (Å²) in [6.07, 6.45) is 0. The molecule has 20 heavy (non-hydrogen) atoms. The van der Waals surface area contributed by atoms with Gasteiger partial charge in [0.2, 0.25) is 0 Å². The van der Waals surface area contributed by atoms with E-state index in [1.807, 2.05) is 12.1 Å².